The molecule has 0 radical (unpaired) electrons. The van der Waals surface area contributed by atoms with Crippen LogP contribution >= 0.6 is 11.3 Å². The molecule has 0 spiro atoms. The molecule has 3 heterocycles. The summed E-state index contributed by atoms with van der Waals surface area (Å²) in [6, 6.07) is 16.7. The molecule has 1 unspecified atom stereocenters. The quantitative estimate of drug-likeness (QED) is 0.270. The van der Waals surface area contributed by atoms with E-state index in [1.54, 1.807) is 30.6 Å². The molecule has 0 saturated carbocycles. The number of nitrogens with zero attached hydrogens (tertiary/aromatic N) is 2. The van der Waals surface area contributed by atoms with Crippen LogP contribution in [-0.4, -0.2) is 46.0 Å². The van der Waals surface area contributed by atoms with Crippen molar-refractivity contribution in [1.29, 1.82) is 0 Å². The summed E-state index contributed by atoms with van der Waals surface area (Å²) >= 11 is 1.32. The summed E-state index contributed by atoms with van der Waals surface area (Å²) in [6.07, 6.45) is 3.70. The van der Waals surface area contributed by atoms with Gasteiger partial charge in [-0.1, -0.05) is 24.3 Å². The van der Waals surface area contributed by atoms with Crippen LogP contribution in [0.2, 0.25) is 0 Å². The maximum absolute atomic E-state index is 13.1. The number of rotatable bonds is 6. The first-order valence-electron chi connectivity index (χ1n) is 12.7. The Balaban J connectivity index is 1.20. The van der Waals surface area contributed by atoms with Crippen molar-refractivity contribution in [2.75, 3.05) is 12.4 Å². The Morgan fingerprint density at radius 2 is 1.90 bits per heavy atom. The largest absolute Gasteiger partial charge is 0.465 e. The number of esters is 2. The number of aromatic amines is 1. The SMILES string of the molecule is COC(=O)c1c(NC(=O)C(C)OC(=O)c2ccc3nc(-c4cccnc4)[nH]c3c2)sc2c1CCc1ccccc1-2. The average Bonchev–Trinajstić information content (AvgIpc) is 3.58. The number of ether oxygens (including phenoxy) is 2. The molecule has 0 saturated heterocycles. The van der Waals surface area contributed by atoms with Crippen LogP contribution in [0.15, 0.2) is 67.0 Å². The van der Waals surface area contributed by atoms with Crippen molar-refractivity contribution in [3.8, 4) is 21.8 Å². The van der Waals surface area contributed by atoms with Gasteiger partial charge in [0.1, 0.15) is 10.8 Å². The number of carbonyl (C=O) groups is 3. The van der Waals surface area contributed by atoms with E-state index < -0.39 is 23.9 Å². The topological polar surface area (TPSA) is 123 Å². The Kier molecular flexibility index (Phi) is 6.61. The molecule has 3 aromatic heterocycles. The van der Waals surface area contributed by atoms with E-state index in [0.29, 0.717) is 33.8 Å². The summed E-state index contributed by atoms with van der Waals surface area (Å²) in [5.41, 5.74) is 5.85. The Morgan fingerprint density at radius 1 is 1.05 bits per heavy atom. The minimum Gasteiger partial charge on any atom is -0.465 e. The van der Waals surface area contributed by atoms with Crippen molar-refractivity contribution in [3.05, 3.63) is 89.2 Å². The number of pyridine rings is 1. The van der Waals surface area contributed by atoms with E-state index in [4.69, 9.17) is 9.47 Å². The second-order valence-electron chi connectivity index (χ2n) is 9.36. The molecule has 1 aliphatic carbocycles. The second kappa shape index (κ2) is 10.4. The van der Waals surface area contributed by atoms with Gasteiger partial charge in [0.2, 0.25) is 0 Å². The molecule has 10 heteroatoms. The van der Waals surface area contributed by atoms with Crippen LogP contribution in [0, 0.1) is 0 Å². The molecule has 9 nitrogen and oxygen atoms in total. The molecule has 0 aliphatic heterocycles. The number of carbonyl (C=O) groups excluding carboxylic acids is 3. The fraction of sp³-hybridized carbons (Fsp3) is 0.167. The zero-order valence-electron chi connectivity index (χ0n) is 21.7. The molecule has 5 aromatic rings. The number of aromatic nitrogens is 3. The molecule has 1 atom stereocenters. The van der Waals surface area contributed by atoms with Crippen molar-refractivity contribution in [2.45, 2.75) is 25.9 Å². The number of H-pyrrole nitrogens is 1. The van der Waals surface area contributed by atoms with Crippen molar-refractivity contribution < 1.29 is 23.9 Å². The number of hydrogen-bond donors (Lipinski definition) is 2. The van der Waals surface area contributed by atoms with Gasteiger partial charge in [-0.15, -0.1) is 11.3 Å². The highest BCUT2D eigenvalue weighted by atomic mass is 32.1. The van der Waals surface area contributed by atoms with Crippen LogP contribution in [0.4, 0.5) is 5.00 Å². The van der Waals surface area contributed by atoms with Gasteiger partial charge >= 0.3 is 11.9 Å². The highest BCUT2D eigenvalue weighted by molar-refractivity contribution is 7.20. The zero-order chi connectivity index (χ0) is 27.8. The molecule has 1 amide bonds. The summed E-state index contributed by atoms with van der Waals surface area (Å²) in [4.78, 5) is 51.5. The fourth-order valence-corrected chi connectivity index (χ4v) is 6.12. The predicted molar refractivity (Wildman–Crippen MR) is 151 cm³/mol. The molecular formula is C30H24N4O5S. The summed E-state index contributed by atoms with van der Waals surface area (Å²) in [7, 11) is 1.31. The van der Waals surface area contributed by atoms with E-state index in [-0.39, 0.29) is 5.56 Å². The molecule has 1 aliphatic rings. The van der Waals surface area contributed by atoms with Gasteiger partial charge in [0.25, 0.3) is 5.91 Å². The van der Waals surface area contributed by atoms with E-state index in [9.17, 15) is 14.4 Å². The lowest BCUT2D eigenvalue weighted by atomic mass is 9.89. The third kappa shape index (κ3) is 4.62. The van der Waals surface area contributed by atoms with E-state index in [0.717, 1.165) is 28.0 Å². The Morgan fingerprint density at radius 3 is 2.70 bits per heavy atom. The first-order chi connectivity index (χ1) is 19.4. The van der Waals surface area contributed by atoms with E-state index >= 15 is 0 Å². The first-order valence-corrected chi connectivity index (χ1v) is 13.5. The smallest absolute Gasteiger partial charge is 0.341 e. The van der Waals surface area contributed by atoms with Crippen molar-refractivity contribution in [3.63, 3.8) is 0 Å². The molecule has 0 bridgehead atoms. The summed E-state index contributed by atoms with van der Waals surface area (Å²) in [6.45, 7) is 1.49. The molecule has 2 N–H and O–H groups in total. The predicted octanol–water partition coefficient (Wildman–Crippen LogP) is 5.42. The highest BCUT2D eigenvalue weighted by Gasteiger charge is 2.30. The monoisotopic (exact) mass is 552 g/mol. The highest BCUT2D eigenvalue weighted by Crippen LogP contribution is 2.45. The summed E-state index contributed by atoms with van der Waals surface area (Å²) in [5, 5.41) is 3.18. The van der Waals surface area contributed by atoms with E-state index in [2.05, 4.69) is 26.3 Å². The normalized spacial score (nSPS) is 12.8. The number of hydrogen-bond acceptors (Lipinski definition) is 8. The number of fused-ring (bicyclic) bond motifs is 4. The van der Waals surface area contributed by atoms with Crippen LogP contribution in [0.25, 0.3) is 32.9 Å². The first kappa shape index (κ1) is 25.4. The zero-order valence-corrected chi connectivity index (χ0v) is 22.5. The van der Waals surface area contributed by atoms with Gasteiger partial charge in [-0.3, -0.25) is 9.78 Å². The number of amides is 1. The van der Waals surface area contributed by atoms with Crippen molar-refractivity contribution >= 4 is 45.2 Å². The number of anilines is 1. The van der Waals surface area contributed by atoms with Crippen molar-refractivity contribution in [2.24, 2.45) is 0 Å². The number of methoxy groups -OCH3 is 1. The summed E-state index contributed by atoms with van der Waals surface area (Å²) in [5.74, 6) is -1.10. The van der Waals surface area contributed by atoms with Gasteiger partial charge in [-0.25, -0.2) is 14.6 Å². The Hall–Kier alpha value is -4.83. The Bertz CT molecular complexity index is 1780. The maximum atomic E-state index is 13.1. The number of thiophene rings is 1. The molecular weight excluding hydrogens is 528 g/mol. The third-order valence-corrected chi connectivity index (χ3v) is 8.03. The van der Waals surface area contributed by atoms with Crippen LogP contribution in [0.1, 0.15) is 38.8 Å². The summed E-state index contributed by atoms with van der Waals surface area (Å²) < 4.78 is 10.5. The Labute approximate surface area is 233 Å². The third-order valence-electron chi connectivity index (χ3n) is 6.85. The lowest BCUT2D eigenvalue weighted by Gasteiger charge is -2.16. The lowest BCUT2D eigenvalue weighted by molar-refractivity contribution is -0.123. The van der Waals surface area contributed by atoms with Gasteiger partial charge in [0.05, 0.1) is 29.3 Å². The van der Waals surface area contributed by atoms with Gasteiger partial charge in [-0.2, -0.15) is 0 Å². The molecule has 2 aromatic carbocycles. The second-order valence-corrected chi connectivity index (χ2v) is 10.4. The number of aryl methyl sites for hydroxylation is 1. The van der Waals surface area contributed by atoms with Gasteiger partial charge in [0, 0.05) is 22.8 Å². The van der Waals surface area contributed by atoms with Crippen LogP contribution in [-0.2, 0) is 27.1 Å². The molecule has 200 valence electrons. The van der Waals surface area contributed by atoms with Crippen LogP contribution in [0.5, 0.6) is 0 Å². The van der Waals surface area contributed by atoms with Crippen molar-refractivity contribution in [1.82, 2.24) is 15.0 Å². The molecule has 6 rings (SSSR count). The average molecular weight is 553 g/mol. The lowest BCUT2D eigenvalue weighted by Crippen LogP contribution is -2.30. The minimum absolute atomic E-state index is 0.270. The number of nitrogens with one attached hydrogen (secondary N) is 2. The van der Waals surface area contributed by atoms with Gasteiger partial charge < -0.3 is 19.8 Å². The van der Waals surface area contributed by atoms with Gasteiger partial charge in [-0.05, 0) is 66.8 Å². The number of imidazole rings is 1. The van der Waals surface area contributed by atoms with E-state index in [1.807, 2.05) is 30.3 Å². The van der Waals surface area contributed by atoms with Crippen LogP contribution < -0.4 is 5.32 Å². The van der Waals surface area contributed by atoms with Crippen LogP contribution in [0.3, 0.4) is 0 Å². The fourth-order valence-electron chi connectivity index (χ4n) is 4.82. The van der Waals surface area contributed by atoms with E-state index in [1.165, 1.54) is 30.9 Å². The molecule has 0 fully saturated rings. The molecule has 40 heavy (non-hydrogen) atoms. The number of benzene rings is 2. The maximum Gasteiger partial charge on any atom is 0.341 e. The standard InChI is InChI=1S/C30H24N4O5S/c1-16(39-29(36)18-10-12-22-23(14-18)33-26(32-22)19-7-5-13-31-15-19)27(35)34-28-24(30(37)38-2)21-11-9-17-6-3-4-8-20(17)25(21)40-28/h3-8,10,12-16H,9,11H2,1-2H3,(H,32,33)(H,34,35). The van der Waals surface area contributed by atoms with Gasteiger partial charge in [0.15, 0.2) is 6.10 Å². The minimum atomic E-state index is -1.12.